The summed E-state index contributed by atoms with van der Waals surface area (Å²) in [6.07, 6.45) is 3.59. The summed E-state index contributed by atoms with van der Waals surface area (Å²) in [6, 6.07) is 9.63. The highest BCUT2D eigenvalue weighted by atomic mass is 16.5. The van der Waals surface area contributed by atoms with Crippen molar-refractivity contribution < 1.29 is 4.74 Å². The Hall–Kier alpha value is -2.36. The summed E-state index contributed by atoms with van der Waals surface area (Å²) in [4.78, 5) is 11.4. The second-order valence-corrected chi connectivity index (χ2v) is 3.77. The van der Waals surface area contributed by atoms with Crippen LogP contribution >= 0.6 is 0 Å². The van der Waals surface area contributed by atoms with Gasteiger partial charge >= 0.3 is 0 Å². The number of aromatic amines is 1. The van der Waals surface area contributed by atoms with Crippen LogP contribution in [0.4, 0.5) is 0 Å². The number of nitrogens with zero attached hydrogens (tertiary/aromatic N) is 2. The van der Waals surface area contributed by atoms with E-state index in [9.17, 15) is 0 Å². The number of hydrogen-bond donors (Lipinski definition) is 1. The Balaban J connectivity index is 1.94. The number of aromatic nitrogens is 3. The molecule has 0 amide bonds. The van der Waals surface area contributed by atoms with Gasteiger partial charge in [-0.3, -0.25) is 0 Å². The van der Waals surface area contributed by atoms with Crippen molar-refractivity contribution >= 4 is 10.9 Å². The Morgan fingerprint density at radius 2 is 2.12 bits per heavy atom. The van der Waals surface area contributed by atoms with Gasteiger partial charge in [-0.1, -0.05) is 0 Å². The van der Waals surface area contributed by atoms with Crippen LogP contribution in [0.25, 0.3) is 10.9 Å². The third kappa shape index (κ3) is 1.97. The SMILES string of the molecule is Cc1nccc(Oc2ccc3[nH]ccc3c2)n1. The molecule has 0 atom stereocenters. The first-order chi connectivity index (χ1) is 8.31. The minimum atomic E-state index is 0.562. The number of ether oxygens (including phenoxy) is 1. The van der Waals surface area contributed by atoms with E-state index < -0.39 is 0 Å². The van der Waals surface area contributed by atoms with E-state index in [1.54, 1.807) is 12.3 Å². The second-order valence-electron chi connectivity index (χ2n) is 3.77. The number of H-pyrrole nitrogens is 1. The summed E-state index contributed by atoms with van der Waals surface area (Å²) in [6.45, 7) is 1.84. The molecule has 4 heteroatoms. The molecule has 1 aromatic carbocycles. The molecule has 3 rings (SSSR count). The minimum Gasteiger partial charge on any atom is -0.439 e. The zero-order valence-electron chi connectivity index (χ0n) is 9.34. The fraction of sp³-hybridized carbons (Fsp3) is 0.0769. The number of aryl methyl sites for hydroxylation is 1. The van der Waals surface area contributed by atoms with Crippen LogP contribution in [0.2, 0.25) is 0 Å². The maximum atomic E-state index is 5.67. The lowest BCUT2D eigenvalue weighted by Crippen LogP contribution is -1.91. The lowest BCUT2D eigenvalue weighted by atomic mass is 10.2. The third-order valence-electron chi connectivity index (χ3n) is 2.50. The highest BCUT2D eigenvalue weighted by molar-refractivity contribution is 5.80. The van der Waals surface area contributed by atoms with E-state index >= 15 is 0 Å². The first-order valence-electron chi connectivity index (χ1n) is 5.36. The lowest BCUT2D eigenvalue weighted by Gasteiger charge is -2.04. The van der Waals surface area contributed by atoms with E-state index in [1.165, 1.54) is 0 Å². The Kier molecular flexibility index (Phi) is 2.26. The molecule has 2 aromatic heterocycles. The lowest BCUT2D eigenvalue weighted by molar-refractivity contribution is 0.460. The maximum Gasteiger partial charge on any atom is 0.222 e. The van der Waals surface area contributed by atoms with Crippen molar-refractivity contribution in [2.45, 2.75) is 6.92 Å². The Bertz CT molecular complexity index is 660. The van der Waals surface area contributed by atoms with Gasteiger partial charge in [0.2, 0.25) is 5.88 Å². The van der Waals surface area contributed by atoms with Crippen LogP contribution in [-0.4, -0.2) is 15.0 Å². The molecule has 0 bridgehead atoms. The van der Waals surface area contributed by atoms with Gasteiger partial charge in [-0.05, 0) is 31.2 Å². The monoisotopic (exact) mass is 225 g/mol. The molecule has 1 N–H and O–H groups in total. The molecule has 0 aliphatic rings. The molecule has 0 saturated heterocycles. The number of nitrogens with one attached hydrogen (secondary N) is 1. The molecule has 0 radical (unpaired) electrons. The van der Waals surface area contributed by atoms with Crippen LogP contribution in [0, 0.1) is 6.92 Å². The predicted molar refractivity (Wildman–Crippen MR) is 65.1 cm³/mol. The van der Waals surface area contributed by atoms with Gasteiger partial charge in [0.25, 0.3) is 0 Å². The molecule has 84 valence electrons. The fourth-order valence-corrected chi connectivity index (χ4v) is 1.71. The van der Waals surface area contributed by atoms with Gasteiger partial charge < -0.3 is 9.72 Å². The molecule has 0 saturated carbocycles. The van der Waals surface area contributed by atoms with Gasteiger partial charge in [-0.15, -0.1) is 0 Å². The van der Waals surface area contributed by atoms with Gasteiger partial charge in [0.05, 0.1) is 0 Å². The summed E-state index contributed by atoms with van der Waals surface area (Å²) in [5, 5.41) is 1.12. The Morgan fingerprint density at radius 1 is 1.18 bits per heavy atom. The molecular formula is C13H11N3O. The van der Waals surface area contributed by atoms with Crippen molar-refractivity contribution in [2.24, 2.45) is 0 Å². The third-order valence-corrected chi connectivity index (χ3v) is 2.50. The van der Waals surface area contributed by atoms with Crippen molar-refractivity contribution in [3.63, 3.8) is 0 Å². The standard InChI is InChI=1S/C13H11N3O/c1-9-14-7-5-13(16-9)17-11-2-3-12-10(8-11)4-6-15-12/h2-8,15H,1H3. The van der Waals surface area contributed by atoms with Crippen molar-refractivity contribution in [3.05, 3.63) is 48.5 Å². The number of rotatable bonds is 2. The Morgan fingerprint density at radius 3 is 3.00 bits per heavy atom. The highest BCUT2D eigenvalue weighted by Gasteiger charge is 2.01. The van der Waals surface area contributed by atoms with Crippen molar-refractivity contribution in [1.29, 1.82) is 0 Å². The van der Waals surface area contributed by atoms with Crippen LogP contribution in [0.5, 0.6) is 11.6 Å². The molecular weight excluding hydrogens is 214 g/mol. The number of benzene rings is 1. The van der Waals surface area contributed by atoms with Crippen molar-refractivity contribution in [2.75, 3.05) is 0 Å². The topological polar surface area (TPSA) is 50.8 Å². The first-order valence-corrected chi connectivity index (χ1v) is 5.36. The molecule has 0 spiro atoms. The van der Waals surface area contributed by atoms with Crippen LogP contribution in [-0.2, 0) is 0 Å². The van der Waals surface area contributed by atoms with Crippen LogP contribution in [0.3, 0.4) is 0 Å². The van der Waals surface area contributed by atoms with E-state index in [-0.39, 0.29) is 0 Å². The average molecular weight is 225 g/mol. The van der Waals surface area contributed by atoms with Gasteiger partial charge in [0.15, 0.2) is 0 Å². The summed E-state index contributed by atoms with van der Waals surface area (Å²) in [5.41, 5.74) is 1.09. The van der Waals surface area contributed by atoms with E-state index in [1.807, 2.05) is 37.4 Å². The summed E-state index contributed by atoms with van der Waals surface area (Å²) in [5.74, 6) is 2.04. The molecule has 17 heavy (non-hydrogen) atoms. The van der Waals surface area contributed by atoms with Gasteiger partial charge in [-0.2, -0.15) is 4.98 Å². The molecule has 0 unspecified atom stereocenters. The molecule has 2 heterocycles. The summed E-state index contributed by atoms with van der Waals surface area (Å²) < 4.78 is 5.67. The zero-order chi connectivity index (χ0) is 11.7. The average Bonchev–Trinajstić information content (AvgIpc) is 2.76. The molecule has 0 aliphatic heterocycles. The zero-order valence-corrected chi connectivity index (χ0v) is 9.34. The maximum absolute atomic E-state index is 5.67. The summed E-state index contributed by atoms with van der Waals surface area (Å²) in [7, 11) is 0. The predicted octanol–water partition coefficient (Wildman–Crippen LogP) is 3.06. The number of hydrogen-bond acceptors (Lipinski definition) is 3. The first kappa shape index (κ1) is 9.84. The van der Waals surface area contributed by atoms with Crippen LogP contribution < -0.4 is 4.74 Å². The second kappa shape index (κ2) is 3.90. The van der Waals surface area contributed by atoms with Gasteiger partial charge in [0.1, 0.15) is 11.6 Å². The van der Waals surface area contributed by atoms with Crippen LogP contribution in [0.15, 0.2) is 42.7 Å². The quantitative estimate of drug-likeness (QED) is 0.729. The van der Waals surface area contributed by atoms with Crippen molar-refractivity contribution in [3.8, 4) is 11.6 Å². The smallest absolute Gasteiger partial charge is 0.222 e. The normalized spacial score (nSPS) is 10.6. The molecule has 0 fully saturated rings. The largest absolute Gasteiger partial charge is 0.439 e. The van der Waals surface area contributed by atoms with E-state index in [4.69, 9.17) is 4.74 Å². The highest BCUT2D eigenvalue weighted by Crippen LogP contribution is 2.23. The van der Waals surface area contributed by atoms with E-state index in [0.717, 1.165) is 16.7 Å². The van der Waals surface area contributed by atoms with Gasteiger partial charge in [0, 0.05) is 29.4 Å². The molecule has 0 aliphatic carbocycles. The molecule has 3 aromatic rings. The molecule has 4 nitrogen and oxygen atoms in total. The van der Waals surface area contributed by atoms with E-state index in [0.29, 0.717) is 11.7 Å². The van der Waals surface area contributed by atoms with Crippen LogP contribution in [0.1, 0.15) is 5.82 Å². The van der Waals surface area contributed by atoms with Crippen molar-refractivity contribution in [1.82, 2.24) is 15.0 Å². The fourth-order valence-electron chi connectivity index (χ4n) is 1.71. The summed E-state index contributed by atoms with van der Waals surface area (Å²) >= 11 is 0. The minimum absolute atomic E-state index is 0.562. The van der Waals surface area contributed by atoms with Gasteiger partial charge in [-0.25, -0.2) is 4.98 Å². The van der Waals surface area contributed by atoms with E-state index in [2.05, 4.69) is 15.0 Å². The number of fused-ring (bicyclic) bond motifs is 1. The Labute approximate surface area is 98.3 Å².